The molecule has 1 aromatic carbocycles. The van der Waals surface area contributed by atoms with Gasteiger partial charge in [-0.15, -0.1) is 0 Å². The van der Waals surface area contributed by atoms with Crippen LogP contribution in [0.25, 0.3) is 0 Å². The maximum atomic E-state index is 12.9. The number of amides is 3. The maximum Gasteiger partial charge on any atom is 0.276 e. The van der Waals surface area contributed by atoms with Crippen LogP contribution in [0.15, 0.2) is 35.4 Å². The van der Waals surface area contributed by atoms with Crippen LogP contribution in [0.4, 0.5) is 0 Å². The van der Waals surface area contributed by atoms with E-state index in [9.17, 15) is 14.4 Å². The zero-order valence-electron chi connectivity index (χ0n) is 18.3. The molecule has 0 radical (unpaired) electrons. The van der Waals surface area contributed by atoms with E-state index in [1.54, 1.807) is 0 Å². The smallest absolute Gasteiger partial charge is 0.276 e. The molecule has 0 aromatic heterocycles. The van der Waals surface area contributed by atoms with Crippen molar-refractivity contribution >= 4 is 17.7 Å². The van der Waals surface area contributed by atoms with Crippen molar-refractivity contribution in [3.8, 4) is 5.75 Å². The van der Waals surface area contributed by atoms with Crippen molar-refractivity contribution < 1.29 is 19.1 Å². The van der Waals surface area contributed by atoms with E-state index in [0.717, 1.165) is 17.9 Å². The number of ether oxygens (including phenoxy) is 1. The van der Waals surface area contributed by atoms with E-state index in [2.05, 4.69) is 40.0 Å². The van der Waals surface area contributed by atoms with Crippen LogP contribution in [0, 0.1) is 23.7 Å². The fraction of sp³-hybridized carbons (Fsp3) is 0.542. The maximum absolute atomic E-state index is 12.9. The second-order valence-corrected chi connectivity index (χ2v) is 9.91. The summed E-state index contributed by atoms with van der Waals surface area (Å²) in [6.45, 7) is 10.2. The minimum absolute atomic E-state index is 0.0369. The van der Waals surface area contributed by atoms with Gasteiger partial charge in [0, 0.05) is 0 Å². The second-order valence-electron chi connectivity index (χ2n) is 9.91. The molecule has 0 unspecified atom stereocenters. The van der Waals surface area contributed by atoms with Crippen LogP contribution in [-0.2, 0) is 19.8 Å². The van der Waals surface area contributed by atoms with Gasteiger partial charge in [-0.25, -0.2) is 0 Å². The van der Waals surface area contributed by atoms with E-state index >= 15 is 0 Å². The number of carbonyl (C=O) groups is 3. The summed E-state index contributed by atoms with van der Waals surface area (Å²) in [5.41, 5.74) is 6.20. The SMILES string of the molecule is CC(C)=C1[C@H]2CC[C@@H]1[C@@H]1C(=O)N(NC(=O)COc3ccc(C(C)(C)C)cc3)C(=O)[C@H]12. The molecule has 2 aliphatic carbocycles. The third kappa shape index (κ3) is 3.32. The third-order valence-electron chi connectivity index (χ3n) is 6.76. The van der Waals surface area contributed by atoms with Gasteiger partial charge < -0.3 is 4.74 Å². The average Bonchev–Trinajstić information content (AvgIpc) is 3.32. The molecule has 1 N–H and O–H groups in total. The number of fused-ring (bicyclic) bond motifs is 5. The van der Waals surface area contributed by atoms with Crippen molar-refractivity contribution in [2.75, 3.05) is 6.61 Å². The zero-order valence-corrected chi connectivity index (χ0v) is 18.3. The van der Waals surface area contributed by atoms with E-state index < -0.39 is 5.91 Å². The predicted octanol–water partition coefficient (Wildman–Crippen LogP) is 3.37. The van der Waals surface area contributed by atoms with Crippen LogP contribution < -0.4 is 10.2 Å². The number of imide groups is 1. The zero-order chi connectivity index (χ0) is 21.8. The molecule has 2 bridgehead atoms. The number of hydrogen-bond donors (Lipinski definition) is 1. The molecular weight excluding hydrogens is 380 g/mol. The Morgan fingerprint density at radius 1 is 1.03 bits per heavy atom. The Morgan fingerprint density at radius 2 is 1.57 bits per heavy atom. The lowest BCUT2D eigenvalue weighted by molar-refractivity contribution is -0.150. The van der Waals surface area contributed by atoms with E-state index in [-0.39, 0.29) is 47.5 Å². The monoisotopic (exact) mass is 410 g/mol. The molecule has 160 valence electrons. The first-order valence-electron chi connectivity index (χ1n) is 10.7. The normalized spacial score (nSPS) is 27.5. The van der Waals surface area contributed by atoms with Crippen molar-refractivity contribution in [1.29, 1.82) is 0 Å². The summed E-state index contributed by atoms with van der Waals surface area (Å²) in [5, 5.41) is 0.941. The quantitative estimate of drug-likeness (QED) is 0.610. The number of rotatable bonds is 4. The van der Waals surface area contributed by atoms with Gasteiger partial charge in [-0.2, -0.15) is 5.01 Å². The summed E-state index contributed by atoms with van der Waals surface area (Å²) in [6.07, 6.45) is 1.89. The number of allylic oxidation sites excluding steroid dienone is 2. The van der Waals surface area contributed by atoms with Gasteiger partial charge in [0.25, 0.3) is 17.7 Å². The van der Waals surface area contributed by atoms with Crippen molar-refractivity contribution in [2.24, 2.45) is 23.7 Å². The molecule has 1 aromatic rings. The topological polar surface area (TPSA) is 75.7 Å². The van der Waals surface area contributed by atoms with Gasteiger partial charge in [0.05, 0.1) is 11.8 Å². The average molecular weight is 411 g/mol. The Morgan fingerprint density at radius 3 is 2.03 bits per heavy atom. The summed E-state index contributed by atoms with van der Waals surface area (Å²) >= 11 is 0. The van der Waals surface area contributed by atoms with Gasteiger partial charge >= 0.3 is 0 Å². The minimum Gasteiger partial charge on any atom is -0.484 e. The van der Waals surface area contributed by atoms with Crippen LogP contribution in [0.5, 0.6) is 5.75 Å². The summed E-state index contributed by atoms with van der Waals surface area (Å²) in [6, 6.07) is 7.59. The Hall–Kier alpha value is -2.63. The Bertz CT molecular complexity index is 890. The minimum atomic E-state index is -0.508. The summed E-state index contributed by atoms with van der Waals surface area (Å²) < 4.78 is 5.54. The number of benzene rings is 1. The summed E-state index contributed by atoms with van der Waals surface area (Å²) in [7, 11) is 0. The molecule has 0 spiro atoms. The molecule has 3 amide bonds. The molecule has 1 saturated heterocycles. The van der Waals surface area contributed by atoms with Crippen LogP contribution in [0.1, 0.15) is 53.0 Å². The van der Waals surface area contributed by atoms with Gasteiger partial charge in [0.15, 0.2) is 6.61 Å². The van der Waals surface area contributed by atoms with Gasteiger partial charge in [0.1, 0.15) is 5.75 Å². The molecule has 6 heteroatoms. The Kier molecular flexibility index (Phi) is 4.99. The predicted molar refractivity (Wildman–Crippen MR) is 112 cm³/mol. The number of carbonyl (C=O) groups excluding carboxylic acids is 3. The highest BCUT2D eigenvalue weighted by atomic mass is 16.5. The van der Waals surface area contributed by atoms with E-state index in [1.807, 2.05) is 24.3 Å². The first-order valence-corrected chi connectivity index (χ1v) is 10.7. The first-order chi connectivity index (χ1) is 14.1. The van der Waals surface area contributed by atoms with Crippen molar-refractivity contribution in [3.63, 3.8) is 0 Å². The molecule has 4 rings (SSSR count). The Balaban J connectivity index is 1.38. The van der Waals surface area contributed by atoms with Gasteiger partial charge in [0.2, 0.25) is 0 Å². The number of nitrogens with zero attached hydrogens (tertiary/aromatic N) is 1. The lowest BCUT2D eigenvalue weighted by Crippen LogP contribution is -2.49. The molecule has 4 atom stereocenters. The van der Waals surface area contributed by atoms with Gasteiger partial charge in [-0.1, -0.05) is 44.1 Å². The van der Waals surface area contributed by atoms with E-state index in [1.165, 1.54) is 16.7 Å². The highest BCUT2D eigenvalue weighted by Gasteiger charge is 2.63. The standard InChI is InChI=1S/C24H30N2O4/c1-13(2)19-16-10-11-17(19)21-20(16)22(28)26(23(21)29)25-18(27)12-30-15-8-6-14(7-9-15)24(3,4)5/h6-9,16-17,20-21H,10-12H2,1-5H3,(H,25,27)/t16-,17+,20-,21-/m0/s1. The summed E-state index contributed by atoms with van der Waals surface area (Å²) in [5.74, 6) is -0.870. The largest absolute Gasteiger partial charge is 0.484 e. The highest BCUT2D eigenvalue weighted by molar-refractivity contribution is 6.07. The second kappa shape index (κ2) is 7.25. The molecule has 3 fully saturated rings. The third-order valence-corrected chi connectivity index (χ3v) is 6.76. The summed E-state index contributed by atoms with van der Waals surface area (Å²) in [4.78, 5) is 38.2. The number of nitrogens with one attached hydrogen (secondary N) is 1. The van der Waals surface area contributed by atoms with E-state index in [4.69, 9.17) is 4.74 Å². The molecule has 3 aliphatic rings. The lowest BCUT2D eigenvalue weighted by atomic mass is 9.81. The fourth-order valence-electron chi connectivity index (χ4n) is 5.46. The molecule has 1 aliphatic heterocycles. The number of hydrogen-bond acceptors (Lipinski definition) is 4. The lowest BCUT2D eigenvalue weighted by Gasteiger charge is -2.20. The van der Waals surface area contributed by atoms with E-state index in [0.29, 0.717) is 5.75 Å². The van der Waals surface area contributed by atoms with Crippen molar-refractivity contribution in [2.45, 2.75) is 52.9 Å². The fourth-order valence-corrected chi connectivity index (χ4v) is 5.46. The molecule has 1 heterocycles. The van der Waals surface area contributed by atoms with Crippen LogP contribution in [0.3, 0.4) is 0 Å². The molecular formula is C24H30N2O4. The van der Waals surface area contributed by atoms with Crippen LogP contribution >= 0.6 is 0 Å². The van der Waals surface area contributed by atoms with Crippen molar-refractivity contribution in [3.05, 3.63) is 41.0 Å². The molecule has 30 heavy (non-hydrogen) atoms. The van der Waals surface area contributed by atoms with Gasteiger partial charge in [-0.05, 0) is 61.6 Å². The number of hydrazine groups is 1. The van der Waals surface area contributed by atoms with Gasteiger partial charge in [-0.3, -0.25) is 19.8 Å². The van der Waals surface area contributed by atoms with Crippen LogP contribution in [-0.4, -0.2) is 29.3 Å². The Labute approximate surface area is 177 Å². The van der Waals surface area contributed by atoms with Crippen LogP contribution in [0.2, 0.25) is 0 Å². The highest BCUT2D eigenvalue weighted by Crippen LogP contribution is 2.59. The molecule has 6 nitrogen and oxygen atoms in total. The molecule has 2 saturated carbocycles. The van der Waals surface area contributed by atoms with Crippen molar-refractivity contribution in [1.82, 2.24) is 10.4 Å². The first kappa shape index (κ1) is 20.6.